The van der Waals surface area contributed by atoms with E-state index in [9.17, 15) is 9.59 Å². The number of carbonyl (C=O) groups is 1. The number of nitrogens with zero attached hydrogens (tertiary/aromatic N) is 5. The van der Waals surface area contributed by atoms with Crippen molar-refractivity contribution < 1.29 is 4.79 Å². The summed E-state index contributed by atoms with van der Waals surface area (Å²) in [4.78, 5) is 39.6. The number of nitrogens with one attached hydrogen (secondary N) is 1. The summed E-state index contributed by atoms with van der Waals surface area (Å²) in [5.41, 5.74) is 11.2. The van der Waals surface area contributed by atoms with Crippen LogP contribution in [0.25, 0.3) is 28.0 Å². The number of aryl methyl sites for hydroxylation is 1. The maximum absolute atomic E-state index is 13.9. The Morgan fingerprint density at radius 1 is 1.05 bits per heavy atom. The van der Waals surface area contributed by atoms with Crippen molar-refractivity contribution in [1.29, 1.82) is 0 Å². The van der Waals surface area contributed by atoms with E-state index in [1.807, 2.05) is 53.1 Å². The third-order valence-corrected chi connectivity index (χ3v) is 8.06. The van der Waals surface area contributed by atoms with Crippen LogP contribution in [-0.4, -0.2) is 36.0 Å². The van der Waals surface area contributed by atoms with E-state index in [1.165, 1.54) is 0 Å². The largest absolute Gasteiger partial charge is 0.382 e. The number of hydrogen-bond donors (Lipinski definition) is 2. The Hall–Kier alpha value is -4.50. The first-order chi connectivity index (χ1) is 19.9. The Morgan fingerprint density at radius 3 is 2.56 bits per heavy atom. The number of imidazole rings is 1. The number of anilines is 1. The molecule has 208 valence electrons. The number of carbonyl (C=O) groups excluding carboxylic acids is 1. The van der Waals surface area contributed by atoms with Crippen molar-refractivity contribution in [3.63, 3.8) is 0 Å². The molecular weight excluding hydrogens is 538 g/mol. The zero-order valence-electron chi connectivity index (χ0n) is 22.6. The zero-order chi connectivity index (χ0) is 28.5. The summed E-state index contributed by atoms with van der Waals surface area (Å²) in [5, 5.41) is 3.58. The summed E-state index contributed by atoms with van der Waals surface area (Å²) in [6.45, 7) is 2.39. The Kier molecular flexibility index (Phi) is 7.28. The third-order valence-electron chi connectivity index (χ3n) is 7.86. The Morgan fingerprint density at radius 2 is 1.83 bits per heavy atom. The van der Waals surface area contributed by atoms with Crippen molar-refractivity contribution in [2.24, 2.45) is 5.92 Å². The van der Waals surface area contributed by atoms with Gasteiger partial charge in [-0.1, -0.05) is 23.7 Å². The highest BCUT2D eigenvalue weighted by molar-refractivity contribution is 6.30. The highest BCUT2D eigenvalue weighted by atomic mass is 35.5. The predicted octanol–water partition coefficient (Wildman–Crippen LogP) is 5.18. The molecule has 0 aliphatic heterocycles. The fourth-order valence-electron chi connectivity index (χ4n) is 5.70. The molecule has 0 saturated heterocycles. The number of pyridine rings is 3. The molecule has 1 fully saturated rings. The average Bonchev–Trinajstić information content (AvgIpc) is 3.26. The number of benzene rings is 1. The highest BCUT2D eigenvalue weighted by Gasteiger charge is 2.26. The summed E-state index contributed by atoms with van der Waals surface area (Å²) in [6, 6.07) is 16.9. The lowest BCUT2D eigenvalue weighted by Gasteiger charge is -2.29. The molecule has 1 amide bonds. The number of halogens is 1. The zero-order valence-corrected chi connectivity index (χ0v) is 23.4. The van der Waals surface area contributed by atoms with Crippen LogP contribution < -0.4 is 16.7 Å². The molecule has 0 spiro atoms. The van der Waals surface area contributed by atoms with Gasteiger partial charge in [0.2, 0.25) is 0 Å². The van der Waals surface area contributed by atoms with Crippen LogP contribution in [0.3, 0.4) is 0 Å². The quantitative estimate of drug-likeness (QED) is 0.292. The lowest BCUT2D eigenvalue weighted by atomic mass is 9.85. The van der Waals surface area contributed by atoms with Crippen molar-refractivity contribution in [3.05, 3.63) is 100.0 Å². The van der Waals surface area contributed by atoms with Gasteiger partial charge in [0.25, 0.3) is 5.91 Å². The van der Waals surface area contributed by atoms with Crippen molar-refractivity contribution in [2.45, 2.75) is 45.2 Å². The number of aromatic nitrogens is 5. The van der Waals surface area contributed by atoms with Gasteiger partial charge < -0.3 is 11.1 Å². The van der Waals surface area contributed by atoms with Gasteiger partial charge in [0.15, 0.2) is 0 Å². The van der Waals surface area contributed by atoms with Crippen LogP contribution in [0.1, 0.15) is 41.7 Å². The number of fused-ring (bicyclic) bond motifs is 1. The molecule has 1 aromatic carbocycles. The molecular formula is C31H30ClN7O2. The maximum Gasteiger partial charge on any atom is 0.333 e. The molecule has 1 aliphatic carbocycles. The van der Waals surface area contributed by atoms with E-state index in [0.29, 0.717) is 40.1 Å². The molecule has 4 aromatic heterocycles. The first-order valence-electron chi connectivity index (χ1n) is 13.7. The standard InChI is InChI=1S/C31H30ClN7O2/c1-19-24(15-22(32)17-35-19)30(40)36-23-10-8-20(9-11-23)18-38-26-6-2-3-7-27(26)39(31(38)41)28-13-12-25(37-29(28)33)21-5-4-14-34-16-21/h2-7,12-17,20,23H,8-11,18H2,1H3,(H2,33,37)(H,36,40). The van der Waals surface area contributed by atoms with Gasteiger partial charge in [0, 0.05) is 36.7 Å². The molecule has 0 radical (unpaired) electrons. The van der Waals surface area contributed by atoms with Crippen LogP contribution in [-0.2, 0) is 6.54 Å². The fraction of sp³-hybridized carbons (Fsp3) is 0.258. The second kappa shape index (κ2) is 11.2. The van der Waals surface area contributed by atoms with Crippen LogP contribution in [0.5, 0.6) is 0 Å². The molecule has 0 atom stereocenters. The maximum atomic E-state index is 13.9. The number of nitrogen functional groups attached to an aromatic ring is 1. The van der Waals surface area contributed by atoms with E-state index in [2.05, 4.69) is 20.3 Å². The average molecular weight is 568 g/mol. The molecule has 5 aromatic rings. The second-order valence-electron chi connectivity index (χ2n) is 10.5. The van der Waals surface area contributed by atoms with Gasteiger partial charge in [0.1, 0.15) is 5.82 Å². The second-order valence-corrected chi connectivity index (χ2v) is 11.0. The SMILES string of the molecule is Cc1ncc(Cl)cc1C(=O)NC1CCC(Cn2c(=O)n(-c3ccc(-c4cccnc4)nc3N)c3ccccc32)CC1. The minimum absolute atomic E-state index is 0.0689. The third kappa shape index (κ3) is 5.32. The normalized spacial score (nSPS) is 17.0. The van der Waals surface area contributed by atoms with Crippen molar-refractivity contribution in [3.8, 4) is 16.9 Å². The monoisotopic (exact) mass is 567 g/mol. The molecule has 0 unspecified atom stereocenters. The number of hydrogen-bond acceptors (Lipinski definition) is 6. The number of para-hydroxylation sites is 2. The summed E-state index contributed by atoms with van der Waals surface area (Å²) in [7, 11) is 0. The summed E-state index contributed by atoms with van der Waals surface area (Å²) >= 11 is 6.05. The molecule has 6 rings (SSSR count). The smallest absolute Gasteiger partial charge is 0.333 e. The molecule has 9 nitrogen and oxygen atoms in total. The van der Waals surface area contributed by atoms with Crippen molar-refractivity contribution in [1.82, 2.24) is 29.4 Å². The van der Waals surface area contributed by atoms with E-state index in [0.717, 1.165) is 42.3 Å². The van der Waals surface area contributed by atoms with Gasteiger partial charge in [-0.15, -0.1) is 0 Å². The van der Waals surface area contributed by atoms with Gasteiger partial charge in [-0.25, -0.2) is 9.78 Å². The lowest BCUT2D eigenvalue weighted by Crippen LogP contribution is -2.39. The number of rotatable bonds is 6. The number of nitrogens with two attached hydrogens (primary N) is 1. The van der Waals surface area contributed by atoms with E-state index in [1.54, 1.807) is 36.1 Å². The topological polar surface area (TPSA) is 121 Å². The van der Waals surface area contributed by atoms with Crippen LogP contribution in [0.2, 0.25) is 5.02 Å². The predicted molar refractivity (Wildman–Crippen MR) is 160 cm³/mol. The summed E-state index contributed by atoms with van der Waals surface area (Å²) in [6.07, 6.45) is 8.44. The van der Waals surface area contributed by atoms with Gasteiger partial charge in [-0.2, -0.15) is 0 Å². The van der Waals surface area contributed by atoms with Crippen molar-refractivity contribution in [2.75, 3.05) is 5.73 Å². The first-order valence-corrected chi connectivity index (χ1v) is 14.1. The van der Waals surface area contributed by atoms with Gasteiger partial charge in [-0.3, -0.25) is 23.9 Å². The Balaban J connectivity index is 1.21. The van der Waals surface area contributed by atoms with Crippen LogP contribution >= 0.6 is 11.6 Å². The first kappa shape index (κ1) is 26.7. The summed E-state index contributed by atoms with van der Waals surface area (Å²) < 4.78 is 3.49. The molecule has 0 bridgehead atoms. The van der Waals surface area contributed by atoms with E-state index in [4.69, 9.17) is 17.3 Å². The van der Waals surface area contributed by atoms with Crippen LogP contribution in [0, 0.1) is 12.8 Å². The molecule has 4 heterocycles. The van der Waals surface area contributed by atoms with Crippen LogP contribution in [0.4, 0.5) is 5.82 Å². The molecule has 41 heavy (non-hydrogen) atoms. The van der Waals surface area contributed by atoms with Gasteiger partial charge >= 0.3 is 5.69 Å². The summed E-state index contributed by atoms with van der Waals surface area (Å²) in [5.74, 6) is 0.428. The van der Waals surface area contributed by atoms with E-state index < -0.39 is 0 Å². The minimum atomic E-state index is -0.152. The fourth-order valence-corrected chi connectivity index (χ4v) is 5.86. The van der Waals surface area contributed by atoms with Gasteiger partial charge in [0.05, 0.1) is 38.7 Å². The Labute approximate surface area is 242 Å². The molecule has 1 saturated carbocycles. The number of amides is 1. The lowest BCUT2D eigenvalue weighted by molar-refractivity contribution is 0.0919. The Bertz CT molecular complexity index is 1790. The van der Waals surface area contributed by atoms with E-state index >= 15 is 0 Å². The molecule has 3 N–H and O–H groups in total. The van der Waals surface area contributed by atoms with Crippen LogP contribution in [0.15, 0.2) is 78.0 Å². The highest BCUT2D eigenvalue weighted by Crippen LogP contribution is 2.29. The minimum Gasteiger partial charge on any atom is -0.382 e. The van der Waals surface area contributed by atoms with Gasteiger partial charge in [-0.05, 0) is 81.0 Å². The molecule has 10 heteroatoms. The van der Waals surface area contributed by atoms with E-state index in [-0.39, 0.29) is 23.5 Å². The van der Waals surface area contributed by atoms with Crippen molar-refractivity contribution >= 4 is 34.4 Å². The molecule has 1 aliphatic rings.